The number of benzene rings is 1. The standard InChI is InChI=1S/C17H25N3O2/c1-13(2)15(21)19-9-11-20(12-10-19)16(22)17(3,18)14-7-5-4-6-8-14/h4-8,13H,9-12,18H2,1-3H3. The lowest BCUT2D eigenvalue weighted by Crippen LogP contribution is -2.57. The van der Waals surface area contributed by atoms with Crippen LogP contribution in [0.15, 0.2) is 30.3 Å². The molecule has 1 aromatic rings. The molecule has 1 aliphatic heterocycles. The van der Waals surface area contributed by atoms with Crippen LogP contribution in [0.1, 0.15) is 26.3 Å². The smallest absolute Gasteiger partial charge is 0.247 e. The van der Waals surface area contributed by atoms with Gasteiger partial charge in [0, 0.05) is 32.1 Å². The Balaban J connectivity index is 2.02. The van der Waals surface area contributed by atoms with E-state index in [2.05, 4.69) is 0 Å². The van der Waals surface area contributed by atoms with Gasteiger partial charge in [-0.2, -0.15) is 0 Å². The van der Waals surface area contributed by atoms with Crippen LogP contribution in [0.4, 0.5) is 0 Å². The van der Waals surface area contributed by atoms with Gasteiger partial charge in [0.05, 0.1) is 0 Å². The number of rotatable bonds is 3. The minimum atomic E-state index is -1.04. The molecule has 2 N–H and O–H groups in total. The highest BCUT2D eigenvalue weighted by Gasteiger charge is 2.36. The molecule has 5 nitrogen and oxygen atoms in total. The number of hydrogen-bond donors (Lipinski definition) is 1. The van der Waals surface area contributed by atoms with Crippen LogP contribution in [0.5, 0.6) is 0 Å². The molecule has 0 saturated carbocycles. The number of nitrogens with two attached hydrogens (primary N) is 1. The van der Waals surface area contributed by atoms with Crippen LogP contribution in [-0.4, -0.2) is 47.8 Å². The molecule has 0 bridgehead atoms. The first-order valence-electron chi connectivity index (χ1n) is 7.76. The highest BCUT2D eigenvalue weighted by atomic mass is 16.2. The summed E-state index contributed by atoms with van der Waals surface area (Å²) in [7, 11) is 0. The van der Waals surface area contributed by atoms with E-state index in [-0.39, 0.29) is 17.7 Å². The van der Waals surface area contributed by atoms with Crippen molar-refractivity contribution in [3.05, 3.63) is 35.9 Å². The molecule has 0 radical (unpaired) electrons. The number of piperazine rings is 1. The monoisotopic (exact) mass is 303 g/mol. The summed E-state index contributed by atoms with van der Waals surface area (Å²) in [5.74, 6) is 0.0485. The van der Waals surface area contributed by atoms with Crippen molar-refractivity contribution in [2.24, 2.45) is 11.7 Å². The number of nitrogens with zero attached hydrogens (tertiary/aromatic N) is 2. The van der Waals surface area contributed by atoms with Gasteiger partial charge in [0.2, 0.25) is 11.8 Å². The fraction of sp³-hybridized carbons (Fsp3) is 0.529. The van der Waals surface area contributed by atoms with E-state index in [0.29, 0.717) is 26.2 Å². The maximum Gasteiger partial charge on any atom is 0.247 e. The Kier molecular flexibility index (Phi) is 4.86. The summed E-state index contributed by atoms with van der Waals surface area (Å²) in [6, 6.07) is 9.41. The second-order valence-electron chi connectivity index (χ2n) is 6.34. The molecule has 1 aromatic carbocycles. The molecule has 1 atom stereocenters. The van der Waals surface area contributed by atoms with Crippen molar-refractivity contribution in [1.29, 1.82) is 0 Å². The van der Waals surface area contributed by atoms with Gasteiger partial charge in [0.25, 0.3) is 0 Å². The molecule has 120 valence electrons. The Bertz CT molecular complexity index is 532. The number of carbonyl (C=O) groups excluding carboxylic acids is 2. The van der Waals surface area contributed by atoms with Crippen LogP contribution < -0.4 is 5.73 Å². The molecule has 2 amide bonds. The average molecular weight is 303 g/mol. The Morgan fingerprint density at radius 2 is 1.55 bits per heavy atom. The van der Waals surface area contributed by atoms with Crippen LogP contribution in [0.2, 0.25) is 0 Å². The van der Waals surface area contributed by atoms with Crippen molar-refractivity contribution in [2.45, 2.75) is 26.3 Å². The van der Waals surface area contributed by atoms with Crippen LogP contribution >= 0.6 is 0 Å². The van der Waals surface area contributed by atoms with Crippen LogP contribution in [-0.2, 0) is 15.1 Å². The lowest BCUT2D eigenvalue weighted by atomic mass is 9.91. The Labute approximate surface area is 132 Å². The first kappa shape index (κ1) is 16.5. The molecular formula is C17H25N3O2. The topological polar surface area (TPSA) is 66.6 Å². The lowest BCUT2D eigenvalue weighted by molar-refractivity contribution is -0.144. The molecule has 0 aliphatic carbocycles. The van der Waals surface area contributed by atoms with Crippen LogP contribution in [0.25, 0.3) is 0 Å². The predicted molar refractivity (Wildman–Crippen MR) is 86.0 cm³/mol. The molecule has 22 heavy (non-hydrogen) atoms. The van der Waals surface area contributed by atoms with Crippen molar-refractivity contribution in [3.8, 4) is 0 Å². The highest BCUT2D eigenvalue weighted by molar-refractivity contribution is 5.87. The van der Waals surface area contributed by atoms with Gasteiger partial charge >= 0.3 is 0 Å². The van der Waals surface area contributed by atoms with Gasteiger partial charge in [0.15, 0.2) is 0 Å². The number of amides is 2. The maximum atomic E-state index is 12.7. The zero-order valence-electron chi connectivity index (χ0n) is 13.6. The molecule has 2 rings (SSSR count). The molecule has 1 heterocycles. The van der Waals surface area contributed by atoms with Gasteiger partial charge in [-0.05, 0) is 12.5 Å². The first-order valence-corrected chi connectivity index (χ1v) is 7.76. The second kappa shape index (κ2) is 6.48. The van der Waals surface area contributed by atoms with E-state index in [1.807, 2.05) is 49.1 Å². The van der Waals surface area contributed by atoms with Crippen molar-refractivity contribution < 1.29 is 9.59 Å². The lowest BCUT2D eigenvalue weighted by Gasteiger charge is -2.39. The second-order valence-corrected chi connectivity index (χ2v) is 6.34. The minimum Gasteiger partial charge on any atom is -0.339 e. The van der Waals surface area contributed by atoms with Gasteiger partial charge in [-0.1, -0.05) is 44.2 Å². The SMILES string of the molecule is CC(C)C(=O)N1CCN(C(=O)C(C)(N)c2ccccc2)CC1. The Morgan fingerprint density at radius 3 is 2.05 bits per heavy atom. The molecule has 5 heteroatoms. The molecule has 1 fully saturated rings. The fourth-order valence-corrected chi connectivity index (χ4v) is 2.73. The van der Waals surface area contributed by atoms with E-state index in [0.717, 1.165) is 5.56 Å². The normalized spacial score (nSPS) is 18.2. The zero-order chi connectivity index (χ0) is 16.3. The quantitative estimate of drug-likeness (QED) is 0.912. The minimum absolute atomic E-state index is 0.00801. The zero-order valence-corrected chi connectivity index (χ0v) is 13.6. The van der Waals surface area contributed by atoms with Crippen LogP contribution in [0.3, 0.4) is 0 Å². The van der Waals surface area contributed by atoms with Gasteiger partial charge in [0.1, 0.15) is 5.54 Å². The summed E-state index contributed by atoms with van der Waals surface area (Å²) in [6.07, 6.45) is 0. The third-order valence-corrected chi connectivity index (χ3v) is 4.19. The molecular weight excluding hydrogens is 278 g/mol. The van der Waals surface area contributed by atoms with Gasteiger partial charge in [-0.3, -0.25) is 9.59 Å². The van der Waals surface area contributed by atoms with Crippen LogP contribution in [0, 0.1) is 5.92 Å². The van der Waals surface area contributed by atoms with E-state index in [4.69, 9.17) is 5.73 Å². The third kappa shape index (κ3) is 3.30. The summed E-state index contributed by atoms with van der Waals surface area (Å²) in [6.45, 7) is 7.77. The molecule has 1 aliphatic rings. The molecule has 0 aromatic heterocycles. The van der Waals surface area contributed by atoms with Crippen molar-refractivity contribution in [1.82, 2.24) is 9.80 Å². The molecule has 1 unspecified atom stereocenters. The van der Waals surface area contributed by atoms with E-state index >= 15 is 0 Å². The summed E-state index contributed by atoms with van der Waals surface area (Å²) < 4.78 is 0. The predicted octanol–water partition coefficient (Wildman–Crippen LogP) is 1.19. The molecule has 1 saturated heterocycles. The van der Waals surface area contributed by atoms with Gasteiger partial charge < -0.3 is 15.5 Å². The van der Waals surface area contributed by atoms with Crippen molar-refractivity contribution >= 4 is 11.8 Å². The average Bonchev–Trinajstić information content (AvgIpc) is 2.54. The molecule has 0 spiro atoms. The van der Waals surface area contributed by atoms with Gasteiger partial charge in [-0.15, -0.1) is 0 Å². The van der Waals surface area contributed by atoms with E-state index in [1.54, 1.807) is 11.8 Å². The third-order valence-electron chi connectivity index (χ3n) is 4.19. The Morgan fingerprint density at radius 1 is 1.05 bits per heavy atom. The number of hydrogen-bond acceptors (Lipinski definition) is 3. The summed E-state index contributed by atoms with van der Waals surface area (Å²) in [4.78, 5) is 28.3. The van der Waals surface area contributed by atoms with E-state index in [1.165, 1.54) is 0 Å². The summed E-state index contributed by atoms with van der Waals surface area (Å²) in [5, 5.41) is 0. The first-order chi connectivity index (χ1) is 10.3. The number of carbonyl (C=O) groups is 2. The fourth-order valence-electron chi connectivity index (χ4n) is 2.73. The van der Waals surface area contributed by atoms with E-state index < -0.39 is 5.54 Å². The Hall–Kier alpha value is -1.88. The van der Waals surface area contributed by atoms with E-state index in [9.17, 15) is 9.59 Å². The van der Waals surface area contributed by atoms with Crippen molar-refractivity contribution in [3.63, 3.8) is 0 Å². The highest BCUT2D eigenvalue weighted by Crippen LogP contribution is 2.21. The maximum absolute atomic E-state index is 12.7. The van der Waals surface area contributed by atoms with Gasteiger partial charge in [-0.25, -0.2) is 0 Å². The van der Waals surface area contributed by atoms with Crippen molar-refractivity contribution in [2.75, 3.05) is 26.2 Å². The summed E-state index contributed by atoms with van der Waals surface area (Å²) in [5.41, 5.74) is 6.05. The largest absolute Gasteiger partial charge is 0.339 e. The summed E-state index contributed by atoms with van der Waals surface area (Å²) >= 11 is 0.